The quantitative estimate of drug-likeness (QED) is 0.742. The molecule has 1 aromatic heterocycles. The number of nitrogens with one attached hydrogen (secondary N) is 3. The molecule has 1 fully saturated rings. The summed E-state index contributed by atoms with van der Waals surface area (Å²) in [6.07, 6.45) is 0.649. The molecule has 1 aromatic rings. The van der Waals surface area contributed by atoms with Gasteiger partial charge in [-0.3, -0.25) is 10.2 Å². The normalized spacial score (nSPS) is 23.7. The van der Waals surface area contributed by atoms with Crippen molar-refractivity contribution in [1.82, 2.24) is 26.4 Å². The van der Waals surface area contributed by atoms with Crippen LogP contribution in [0.15, 0.2) is 6.07 Å². The van der Waals surface area contributed by atoms with Crippen LogP contribution in [0.25, 0.3) is 0 Å². The number of nitrogens with zero attached hydrogens (tertiary/aromatic N) is 2. The fourth-order valence-corrected chi connectivity index (χ4v) is 1.88. The van der Waals surface area contributed by atoms with Crippen molar-refractivity contribution in [3.8, 4) is 0 Å². The maximum Gasteiger partial charge on any atom is 0.255 e. The van der Waals surface area contributed by atoms with Crippen molar-refractivity contribution in [3.05, 3.63) is 21.9 Å². The Morgan fingerprint density at radius 3 is 2.88 bits per heavy atom. The van der Waals surface area contributed by atoms with Crippen LogP contribution in [0, 0.1) is 0 Å². The van der Waals surface area contributed by atoms with Crippen molar-refractivity contribution in [2.45, 2.75) is 25.6 Å². The number of aromatic nitrogens is 2. The van der Waals surface area contributed by atoms with E-state index >= 15 is 0 Å². The molecule has 1 amide bonds. The lowest BCUT2D eigenvalue weighted by Gasteiger charge is -2.12. The number of hydrazine groups is 1. The Morgan fingerprint density at radius 1 is 1.47 bits per heavy atom. The number of hydrogen-bond donors (Lipinski definition) is 3. The molecule has 2 heterocycles. The van der Waals surface area contributed by atoms with E-state index in [1.54, 1.807) is 0 Å². The third-order valence-electron chi connectivity index (χ3n) is 2.36. The minimum atomic E-state index is -0.333. The predicted octanol–water partition coefficient (Wildman–Crippen LogP) is 0.726. The van der Waals surface area contributed by atoms with Gasteiger partial charge in [0, 0.05) is 6.04 Å². The minimum absolute atomic E-state index is 0.0332. The molecule has 0 aromatic carbocycles. The van der Waals surface area contributed by atoms with Gasteiger partial charge in [-0.15, -0.1) is 10.2 Å². The van der Waals surface area contributed by atoms with E-state index in [4.69, 9.17) is 23.2 Å². The molecular weight excluding hydrogens is 265 g/mol. The van der Waals surface area contributed by atoms with Gasteiger partial charge < -0.3 is 5.32 Å². The third-order valence-corrected chi connectivity index (χ3v) is 2.83. The van der Waals surface area contributed by atoms with E-state index in [-0.39, 0.29) is 27.9 Å². The number of halogens is 2. The van der Waals surface area contributed by atoms with Crippen LogP contribution in [-0.2, 0) is 0 Å². The van der Waals surface area contributed by atoms with Crippen LogP contribution < -0.4 is 16.2 Å². The first-order valence-electron chi connectivity index (χ1n) is 5.07. The van der Waals surface area contributed by atoms with Gasteiger partial charge in [0.2, 0.25) is 0 Å². The van der Waals surface area contributed by atoms with Crippen LogP contribution in [0.2, 0.25) is 10.3 Å². The molecule has 2 unspecified atom stereocenters. The monoisotopic (exact) mass is 275 g/mol. The van der Waals surface area contributed by atoms with Crippen molar-refractivity contribution >= 4 is 29.1 Å². The first-order chi connectivity index (χ1) is 8.06. The number of rotatable bonds is 2. The van der Waals surface area contributed by atoms with Gasteiger partial charge in [-0.2, -0.15) is 0 Å². The molecule has 0 spiro atoms. The Morgan fingerprint density at radius 2 is 2.24 bits per heavy atom. The summed E-state index contributed by atoms with van der Waals surface area (Å²) in [7, 11) is 0. The number of amides is 1. The zero-order chi connectivity index (χ0) is 12.4. The van der Waals surface area contributed by atoms with Gasteiger partial charge in [0.05, 0.1) is 11.7 Å². The Hall–Kier alpha value is -0.950. The van der Waals surface area contributed by atoms with Crippen LogP contribution in [0.4, 0.5) is 0 Å². The molecule has 8 heteroatoms. The molecule has 0 saturated carbocycles. The van der Waals surface area contributed by atoms with Gasteiger partial charge in [-0.25, -0.2) is 5.43 Å². The predicted molar refractivity (Wildman–Crippen MR) is 63.7 cm³/mol. The maximum atomic E-state index is 11.9. The Kier molecular flexibility index (Phi) is 3.78. The molecule has 3 N–H and O–H groups in total. The van der Waals surface area contributed by atoms with Crippen LogP contribution in [-0.4, -0.2) is 28.3 Å². The maximum absolute atomic E-state index is 11.9. The van der Waals surface area contributed by atoms with Crippen LogP contribution in [0.1, 0.15) is 23.7 Å². The van der Waals surface area contributed by atoms with Crippen LogP contribution in [0.3, 0.4) is 0 Å². The highest BCUT2D eigenvalue weighted by Crippen LogP contribution is 2.15. The van der Waals surface area contributed by atoms with E-state index in [0.717, 1.165) is 6.42 Å². The fraction of sp³-hybridized carbons (Fsp3) is 0.444. The summed E-state index contributed by atoms with van der Waals surface area (Å²) in [5, 5.41) is 10.1. The van der Waals surface area contributed by atoms with Gasteiger partial charge in [0.1, 0.15) is 0 Å². The first-order valence-corrected chi connectivity index (χ1v) is 5.82. The van der Waals surface area contributed by atoms with Crippen molar-refractivity contribution in [2.75, 3.05) is 0 Å². The van der Waals surface area contributed by atoms with Gasteiger partial charge in [0.15, 0.2) is 10.3 Å². The minimum Gasteiger partial charge on any atom is -0.335 e. The number of carbonyl (C=O) groups is 1. The molecule has 0 aliphatic carbocycles. The van der Waals surface area contributed by atoms with E-state index in [9.17, 15) is 4.79 Å². The average molecular weight is 276 g/mol. The zero-order valence-electron chi connectivity index (χ0n) is 9.00. The molecule has 1 aliphatic heterocycles. The molecule has 2 atom stereocenters. The summed E-state index contributed by atoms with van der Waals surface area (Å²) >= 11 is 11.4. The van der Waals surface area contributed by atoms with Crippen LogP contribution >= 0.6 is 23.2 Å². The number of hydrogen-bond acceptors (Lipinski definition) is 5. The molecule has 17 heavy (non-hydrogen) atoms. The highest BCUT2D eigenvalue weighted by atomic mass is 35.5. The second-order valence-corrected chi connectivity index (χ2v) is 4.57. The van der Waals surface area contributed by atoms with E-state index in [1.165, 1.54) is 6.07 Å². The lowest BCUT2D eigenvalue weighted by atomic mass is 10.2. The van der Waals surface area contributed by atoms with Gasteiger partial charge in [-0.05, 0) is 19.4 Å². The zero-order valence-corrected chi connectivity index (χ0v) is 10.5. The highest BCUT2D eigenvalue weighted by molar-refractivity contribution is 6.34. The second-order valence-electron chi connectivity index (χ2n) is 3.82. The van der Waals surface area contributed by atoms with E-state index < -0.39 is 0 Å². The van der Waals surface area contributed by atoms with E-state index in [0.29, 0.717) is 6.04 Å². The van der Waals surface area contributed by atoms with E-state index in [1.807, 2.05) is 6.92 Å². The lowest BCUT2D eigenvalue weighted by molar-refractivity contribution is 0.0932. The molecular formula is C9H11Cl2N5O. The van der Waals surface area contributed by atoms with Gasteiger partial charge in [-0.1, -0.05) is 23.2 Å². The first kappa shape index (κ1) is 12.5. The van der Waals surface area contributed by atoms with Crippen molar-refractivity contribution in [1.29, 1.82) is 0 Å². The van der Waals surface area contributed by atoms with Crippen molar-refractivity contribution < 1.29 is 4.79 Å². The van der Waals surface area contributed by atoms with Crippen LogP contribution in [0.5, 0.6) is 0 Å². The lowest BCUT2D eigenvalue weighted by Crippen LogP contribution is -2.44. The smallest absolute Gasteiger partial charge is 0.255 e. The molecule has 1 saturated heterocycles. The molecule has 2 rings (SSSR count). The summed E-state index contributed by atoms with van der Waals surface area (Å²) in [4.78, 5) is 11.9. The standard InChI is InChI=1S/C9H11Cl2N5O/c1-4-2-7(15-13-4)12-9(17)5-3-6(10)14-16-8(5)11/h3-4,7,13,15H,2H2,1H3,(H,12,17). The Balaban J connectivity index is 2.06. The summed E-state index contributed by atoms with van der Waals surface area (Å²) in [5.41, 5.74) is 6.16. The summed E-state index contributed by atoms with van der Waals surface area (Å²) in [6, 6.07) is 1.69. The molecule has 0 bridgehead atoms. The van der Waals surface area contributed by atoms with Gasteiger partial charge in [0.25, 0.3) is 5.91 Å². The molecule has 1 aliphatic rings. The summed E-state index contributed by atoms with van der Waals surface area (Å²) in [5.74, 6) is -0.333. The average Bonchev–Trinajstić information content (AvgIpc) is 2.67. The molecule has 6 nitrogen and oxygen atoms in total. The molecule has 92 valence electrons. The summed E-state index contributed by atoms with van der Waals surface area (Å²) in [6.45, 7) is 2.01. The van der Waals surface area contributed by atoms with E-state index in [2.05, 4.69) is 26.4 Å². The topological polar surface area (TPSA) is 78.9 Å². The highest BCUT2D eigenvalue weighted by Gasteiger charge is 2.23. The van der Waals surface area contributed by atoms with Crippen molar-refractivity contribution in [3.63, 3.8) is 0 Å². The van der Waals surface area contributed by atoms with Crippen molar-refractivity contribution in [2.24, 2.45) is 0 Å². The largest absolute Gasteiger partial charge is 0.335 e. The molecule has 0 radical (unpaired) electrons. The second kappa shape index (κ2) is 5.14. The SMILES string of the molecule is CC1CC(NC(=O)c2cc(Cl)nnc2Cl)NN1. The summed E-state index contributed by atoms with van der Waals surface area (Å²) < 4.78 is 0. The Labute approximate surface area is 108 Å². The number of carbonyl (C=O) groups excluding carboxylic acids is 1. The third kappa shape index (κ3) is 3.04. The Bertz CT molecular complexity index is 441. The fourth-order valence-electron chi connectivity index (χ4n) is 1.56. The van der Waals surface area contributed by atoms with Gasteiger partial charge >= 0.3 is 0 Å².